The third-order valence-corrected chi connectivity index (χ3v) is 4.67. The fourth-order valence-corrected chi connectivity index (χ4v) is 2.79. The zero-order valence-electron chi connectivity index (χ0n) is 15.3. The van der Waals surface area contributed by atoms with E-state index in [9.17, 15) is 9.59 Å². The summed E-state index contributed by atoms with van der Waals surface area (Å²) in [5.41, 5.74) is -1.09. The van der Waals surface area contributed by atoms with Crippen LogP contribution in [0, 0.1) is 5.92 Å². The maximum Gasteiger partial charge on any atom is 0.329 e. The molecule has 0 bridgehead atoms. The van der Waals surface area contributed by atoms with Gasteiger partial charge in [0.25, 0.3) is 0 Å². The summed E-state index contributed by atoms with van der Waals surface area (Å²) < 4.78 is 10.6. The van der Waals surface area contributed by atoms with Crippen molar-refractivity contribution in [3.8, 4) is 5.75 Å². The van der Waals surface area contributed by atoms with E-state index >= 15 is 0 Å². The molecule has 25 heavy (non-hydrogen) atoms. The third kappa shape index (κ3) is 5.46. The lowest BCUT2D eigenvalue weighted by atomic mass is 9.99. The van der Waals surface area contributed by atoms with Gasteiger partial charge < -0.3 is 14.4 Å². The minimum atomic E-state index is -1.09. The Morgan fingerprint density at radius 1 is 1.24 bits per heavy atom. The Kier molecular flexibility index (Phi) is 6.82. The third-order valence-electron chi connectivity index (χ3n) is 4.67. The van der Waals surface area contributed by atoms with Gasteiger partial charge in [-0.25, -0.2) is 4.79 Å². The van der Waals surface area contributed by atoms with Crippen LogP contribution in [0.1, 0.15) is 26.7 Å². The summed E-state index contributed by atoms with van der Waals surface area (Å²) in [4.78, 5) is 26.5. The molecule has 0 saturated carbocycles. The maximum absolute atomic E-state index is 12.4. The zero-order valence-corrected chi connectivity index (χ0v) is 15.3. The average molecular weight is 348 g/mol. The molecule has 1 atom stereocenters. The van der Waals surface area contributed by atoms with Gasteiger partial charge in [-0.05, 0) is 37.8 Å². The van der Waals surface area contributed by atoms with Crippen molar-refractivity contribution in [2.24, 2.45) is 5.92 Å². The van der Waals surface area contributed by atoms with E-state index in [1.807, 2.05) is 35.2 Å². The number of piperidine rings is 1. The number of ether oxygens (including phenoxy) is 2. The van der Waals surface area contributed by atoms with Crippen molar-refractivity contribution in [2.75, 3.05) is 33.4 Å². The standard InChI is InChI=1S/C19H28N2O4/c1-15-9-11-21(12-10-15)17(22)13-20-19(2,18(23)24-3)14-25-16-7-5-4-6-8-16/h4-8,15,20H,9-14H2,1-3H3. The first kappa shape index (κ1) is 19.2. The average Bonchev–Trinajstić information content (AvgIpc) is 2.65. The van der Waals surface area contributed by atoms with Crippen molar-refractivity contribution in [3.63, 3.8) is 0 Å². The Balaban J connectivity index is 1.92. The fraction of sp³-hybridized carbons (Fsp3) is 0.579. The van der Waals surface area contributed by atoms with E-state index in [0.717, 1.165) is 25.9 Å². The number of benzene rings is 1. The number of hydrogen-bond acceptors (Lipinski definition) is 5. The molecular formula is C19H28N2O4. The summed E-state index contributed by atoms with van der Waals surface area (Å²) in [6.45, 7) is 5.60. The topological polar surface area (TPSA) is 67.9 Å². The van der Waals surface area contributed by atoms with Crippen LogP contribution in [0.2, 0.25) is 0 Å². The molecule has 2 rings (SSSR count). The van der Waals surface area contributed by atoms with E-state index < -0.39 is 11.5 Å². The Bertz CT molecular complexity index is 570. The molecule has 1 aliphatic rings. The van der Waals surface area contributed by atoms with Gasteiger partial charge in [0.05, 0.1) is 13.7 Å². The molecule has 1 N–H and O–H groups in total. The zero-order chi connectivity index (χ0) is 18.3. The van der Waals surface area contributed by atoms with Crippen molar-refractivity contribution in [2.45, 2.75) is 32.2 Å². The molecule has 0 spiro atoms. The van der Waals surface area contributed by atoms with Crippen LogP contribution in [-0.4, -0.2) is 55.7 Å². The molecule has 138 valence electrons. The first-order valence-electron chi connectivity index (χ1n) is 8.73. The summed E-state index contributed by atoms with van der Waals surface area (Å²) in [5.74, 6) is 0.873. The first-order chi connectivity index (χ1) is 11.9. The van der Waals surface area contributed by atoms with Crippen molar-refractivity contribution >= 4 is 11.9 Å². The monoisotopic (exact) mass is 348 g/mol. The summed E-state index contributed by atoms with van der Waals surface area (Å²) in [5, 5.41) is 3.03. The van der Waals surface area contributed by atoms with Gasteiger partial charge in [0.15, 0.2) is 0 Å². The second kappa shape index (κ2) is 8.85. The van der Waals surface area contributed by atoms with Crippen LogP contribution in [0.3, 0.4) is 0 Å². The summed E-state index contributed by atoms with van der Waals surface area (Å²) >= 11 is 0. The molecule has 1 saturated heterocycles. The highest BCUT2D eigenvalue weighted by molar-refractivity contribution is 5.83. The van der Waals surface area contributed by atoms with E-state index in [2.05, 4.69) is 12.2 Å². The van der Waals surface area contributed by atoms with Gasteiger partial charge in [0.1, 0.15) is 17.9 Å². The lowest BCUT2D eigenvalue weighted by Gasteiger charge is -2.32. The van der Waals surface area contributed by atoms with Crippen LogP contribution in [0.4, 0.5) is 0 Å². The second-order valence-electron chi connectivity index (χ2n) is 6.84. The first-order valence-corrected chi connectivity index (χ1v) is 8.73. The molecule has 1 amide bonds. The van der Waals surface area contributed by atoms with Crippen molar-refractivity contribution in [3.05, 3.63) is 30.3 Å². The fourth-order valence-electron chi connectivity index (χ4n) is 2.79. The van der Waals surface area contributed by atoms with Gasteiger partial charge in [-0.3, -0.25) is 10.1 Å². The molecule has 6 heteroatoms. The minimum Gasteiger partial charge on any atom is -0.491 e. The molecule has 1 unspecified atom stereocenters. The van der Waals surface area contributed by atoms with E-state index in [4.69, 9.17) is 9.47 Å². The molecule has 1 heterocycles. The molecule has 1 aliphatic heterocycles. The summed E-state index contributed by atoms with van der Waals surface area (Å²) in [7, 11) is 1.33. The van der Waals surface area contributed by atoms with Gasteiger partial charge in [-0.2, -0.15) is 0 Å². The normalized spacial score (nSPS) is 17.6. The predicted molar refractivity (Wildman–Crippen MR) is 95.3 cm³/mol. The predicted octanol–water partition coefficient (Wildman–Crippen LogP) is 1.85. The van der Waals surface area contributed by atoms with Crippen LogP contribution in [0.5, 0.6) is 5.75 Å². The number of hydrogen-bond donors (Lipinski definition) is 1. The highest BCUT2D eigenvalue weighted by atomic mass is 16.5. The minimum absolute atomic E-state index is 0.00161. The van der Waals surface area contributed by atoms with E-state index in [0.29, 0.717) is 11.7 Å². The van der Waals surface area contributed by atoms with Gasteiger partial charge >= 0.3 is 5.97 Å². The van der Waals surface area contributed by atoms with Crippen LogP contribution in [0.25, 0.3) is 0 Å². The van der Waals surface area contributed by atoms with Crippen LogP contribution in [0.15, 0.2) is 30.3 Å². The van der Waals surface area contributed by atoms with E-state index in [-0.39, 0.29) is 19.1 Å². The number of para-hydroxylation sites is 1. The highest BCUT2D eigenvalue weighted by Gasteiger charge is 2.36. The van der Waals surface area contributed by atoms with E-state index in [1.165, 1.54) is 7.11 Å². The maximum atomic E-state index is 12.4. The number of rotatable bonds is 7. The number of carbonyl (C=O) groups excluding carboxylic acids is 2. The lowest BCUT2D eigenvalue weighted by Crippen LogP contribution is -2.57. The largest absolute Gasteiger partial charge is 0.491 e. The number of nitrogens with zero attached hydrogens (tertiary/aromatic N) is 1. The van der Waals surface area contributed by atoms with Crippen molar-refractivity contribution in [1.29, 1.82) is 0 Å². The van der Waals surface area contributed by atoms with Crippen LogP contribution in [-0.2, 0) is 14.3 Å². The Hall–Kier alpha value is -2.08. The van der Waals surface area contributed by atoms with Crippen LogP contribution >= 0.6 is 0 Å². The van der Waals surface area contributed by atoms with Crippen molar-refractivity contribution in [1.82, 2.24) is 10.2 Å². The second-order valence-corrected chi connectivity index (χ2v) is 6.84. The summed E-state index contributed by atoms with van der Waals surface area (Å²) in [6.07, 6.45) is 2.05. The molecular weight excluding hydrogens is 320 g/mol. The molecule has 1 aromatic rings. The Morgan fingerprint density at radius 2 is 1.88 bits per heavy atom. The molecule has 1 fully saturated rings. The SMILES string of the molecule is COC(=O)C(C)(COc1ccccc1)NCC(=O)N1CCC(C)CC1. The quantitative estimate of drug-likeness (QED) is 0.762. The van der Waals surface area contributed by atoms with Crippen molar-refractivity contribution < 1.29 is 19.1 Å². The number of nitrogens with one attached hydrogen (secondary N) is 1. The molecule has 0 aliphatic carbocycles. The number of esters is 1. The molecule has 1 aromatic carbocycles. The van der Waals surface area contributed by atoms with Gasteiger partial charge in [0, 0.05) is 13.1 Å². The Morgan fingerprint density at radius 3 is 2.48 bits per heavy atom. The van der Waals surface area contributed by atoms with Gasteiger partial charge in [-0.1, -0.05) is 25.1 Å². The molecule has 6 nitrogen and oxygen atoms in total. The number of likely N-dealkylation sites (tertiary alicyclic amines) is 1. The summed E-state index contributed by atoms with van der Waals surface area (Å²) in [6, 6.07) is 9.25. The van der Waals surface area contributed by atoms with Gasteiger partial charge in [-0.15, -0.1) is 0 Å². The van der Waals surface area contributed by atoms with E-state index in [1.54, 1.807) is 6.92 Å². The Labute approximate surface area is 149 Å². The van der Waals surface area contributed by atoms with Gasteiger partial charge in [0.2, 0.25) is 5.91 Å². The highest BCUT2D eigenvalue weighted by Crippen LogP contribution is 2.17. The molecule has 0 aromatic heterocycles. The smallest absolute Gasteiger partial charge is 0.329 e. The number of methoxy groups -OCH3 is 1. The number of carbonyl (C=O) groups is 2. The number of amides is 1. The molecule has 0 radical (unpaired) electrons. The van der Waals surface area contributed by atoms with Crippen LogP contribution < -0.4 is 10.1 Å². The lowest BCUT2D eigenvalue weighted by molar-refractivity contribution is -0.149.